The number of nitrogen functional groups attached to an aromatic ring is 1. The Morgan fingerprint density at radius 3 is 2.88 bits per heavy atom. The first-order valence-corrected chi connectivity index (χ1v) is 4.70. The van der Waals surface area contributed by atoms with Gasteiger partial charge in [0.25, 0.3) is 5.78 Å². The van der Waals surface area contributed by atoms with Crippen molar-refractivity contribution < 1.29 is 4.74 Å². The van der Waals surface area contributed by atoms with Gasteiger partial charge in [0.1, 0.15) is 0 Å². The topological polar surface area (TPSA) is 78.3 Å². The molecule has 0 aliphatic heterocycles. The molecule has 2 rings (SSSR count). The van der Waals surface area contributed by atoms with Gasteiger partial charge in [-0.15, -0.1) is 17.5 Å². The van der Waals surface area contributed by atoms with E-state index in [0.29, 0.717) is 17.2 Å². The van der Waals surface area contributed by atoms with Gasteiger partial charge >= 0.3 is 0 Å². The molecule has 0 spiro atoms. The molecule has 8 heteroatoms. The van der Waals surface area contributed by atoms with Gasteiger partial charge < -0.3 is 10.5 Å². The molecular weight excluding hydrogens is 253 g/mol. The Morgan fingerprint density at radius 1 is 1.56 bits per heavy atom. The lowest BCUT2D eigenvalue weighted by Crippen LogP contribution is -2.10. The third-order valence-electron chi connectivity index (χ3n) is 2.15. The third kappa shape index (κ3) is 2.04. The van der Waals surface area contributed by atoms with Crippen molar-refractivity contribution in [2.75, 3.05) is 12.8 Å². The van der Waals surface area contributed by atoms with Gasteiger partial charge in [0.15, 0.2) is 0 Å². The summed E-state index contributed by atoms with van der Waals surface area (Å²) in [5.41, 5.74) is 6.99. The molecule has 2 N–H and O–H groups in total. The second-order valence-corrected chi connectivity index (χ2v) is 3.41. The van der Waals surface area contributed by atoms with Crippen LogP contribution in [0.2, 0.25) is 5.28 Å². The van der Waals surface area contributed by atoms with E-state index in [1.54, 1.807) is 7.11 Å². The zero-order valence-electron chi connectivity index (χ0n) is 8.72. The summed E-state index contributed by atoms with van der Waals surface area (Å²) in [6.45, 7) is 1.86. The van der Waals surface area contributed by atoms with Crippen LogP contribution < -0.4 is 5.73 Å². The Hall–Kier alpha value is -1.11. The van der Waals surface area contributed by atoms with Crippen molar-refractivity contribution in [3.05, 3.63) is 17.2 Å². The zero-order valence-corrected chi connectivity index (χ0v) is 10.3. The van der Waals surface area contributed by atoms with E-state index in [9.17, 15) is 0 Å². The van der Waals surface area contributed by atoms with E-state index in [4.69, 9.17) is 22.1 Å². The Kier molecular flexibility index (Phi) is 3.90. The third-order valence-corrected chi connectivity index (χ3v) is 2.31. The second-order valence-electron chi connectivity index (χ2n) is 3.07. The minimum absolute atomic E-state index is 0. The van der Waals surface area contributed by atoms with E-state index in [-0.39, 0.29) is 23.8 Å². The molecule has 2 heterocycles. The first-order valence-electron chi connectivity index (χ1n) is 4.33. The number of halogens is 2. The molecule has 0 fully saturated rings. The highest BCUT2D eigenvalue weighted by molar-refractivity contribution is 6.28. The molecule has 16 heavy (non-hydrogen) atoms. The molecule has 0 saturated heterocycles. The number of rotatable bonds is 2. The molecule has 88 valence electrons. The van der Waals surface area contributed by atoms with Crippen molar-refractivity contribution in [3.8, 4) is 0 Å². The standard InChI is InChI=1S/C8H10ClN5O.ClH/c1-4(15-2)6-5(10)3-11-8-12-7(9)13-14(6)8;/h3-4H,10H2,1-2H3;1H/t4-;/m1./s1. The summed E-state index contributed by atoms with van der Waals surface area (Å²) >= 11 is 5.69. The molecule has 0 bridgehead atoms. The summed E-state index contributed by atoms with van der Waals surface area (Å²) in [4.78, 5) is 7.93. The van der Waals surface area contributed by atoms with Gasteiger partial charge in [-0.05, 0) is 18.5 Å². The van der Waals surface area contributed by atoms with Crippen LogP contribution in [0.25, 0.3) is 5.78 Å². The van der Waals surface area contributed by atoms with Gasteiger partial charge in [0.2, 0.25) is 5.28 Å². The number of anilines is 1. The molecule has 0 aliphatic rings. The van der Waals surface area contributed by atoms with Crippen LogP contribution in [0, 0.1) is 0 Å². The summed E-state index contributed by atoms with van der Waals surface area (Å²) in [6, 6.07) is 0. The summed E-state index contributed by atoms with van der Waals surface area (Å²) in [5, 5.41) is 4.13. The van der Waals surface area contributed by atoms with Gasteiger partial charge in [-0.25, -0.2) is 4.98 Å². The van der Waals surface area contributed by atoms with Crippen LogP contribution in [0.15, 0.2) is 6.20 Å². The Morgan fingerprint density at radius 2 is 2.25 bits per heavy atom. The van der Waals surface area contributed by atoms with Crippen molar-refractivity contribution in [3.63, 3.8) is 0 Å². The van der Waals surface area contributed by atoms with Gasteiger partial charge in [0, 0.05) is 7.11 Å². The number of hydrogen-bond acceptors (Lipinski definition) is 5. The van der Waals surface area contributed by atoms with Gasteiger partial charge in [0.05, 0.1) is 23.7 Å². The Labute approximate surface area is 103 Å². The summed E-state index contributed by atoms with van der Waals surface area (Å²) in [7, 11) is 1.59. The fourth-order valence-corrected chi connectivity index (χ4v) is 1.51. The highest BCUT2D eigenvalue weighted by Gasteiger charge is 2.16. The van der Waals surface area contributed by atoms with Crippen molar-refractivity contribution in [2.45, 2.75) is 13.0 Å². The molecule has 0 amide bonds. The molecule has 2 aromatic rings. The van der Waals surface area contributed by atoms with Gasteiger partial charge in [-0.2, -0.15) is 9.50 Å². The van der Waals surface area contributed by atoms with Crippen LogP contribution in [-0.4, -0.2) is 26.7 Å². The van der Waals surface area contributed by atoms with Gasteiger partial charge in [-0.1, -0.05) is 0 Å². The molecule has 0 saturated carbocycles. The maximum absolute atomic E-state index is 5.80. The summed E-state index contributed by atoms with van der Waals surface area (Å²) in [5.74, 6) is 0.410. The van der Waals surface area contributed by atoms with Crippen LogP contribution in [-0.2, 0) is 4.74 Å². The van der Waals surface area contributed by atoms with Crippen LogP contribution in [0.3, 0.4) is 0 Å². The van der Waals surface area contributed by atoms with E-state index in [1.165, 1.54) is 10.7 Å². The number of fused-ring (bicyclic) bond motifs is 1. The number of aromatic nitrogens is 4. The molecule has 0 aromatic carbocycles. The smallest absolute Gasteiger partial charge is 0.253 e. The minimum atomic E-state index is -0.201. The highest BCUT2D eigenvalue weighted by atomic mass is 35.5. The van der Waals surface area contributed by atoms with Crippen molar-refractivity contribution in [1.82, 2.24) is 19.6 Å². The SMILES string of the molecule is CO[C@H](C)c1c(N)cnc2nc(Cl)nn12.Cl. The Bertz CT molecular complexity index is 500. The fraction of sp³-hybridized carbons (Fsp3) is 0.375. The maximum Gasteiger partial charge on any atom is 0.253 e. The van der Waals surface area contributed by atoms with E-state index in [0.717, 1.165) is 0 Å². The highest BCUT2D eigenvalue weighted by Crippen LogP contribution is 2.22. The molecule has 2 aromatic heterocycles. The number of ether oxygens (including phenoxy) is 1. The van der Waals surface area contributed by atoms with Crippen LogP contribution in [0.1, 0.15) is 18.7 Å². The van der Waals surface area contributed by atoms with Crippen LogP contribution in [0.5, 0.6) is 0 Å². The fourth-order valence-electron chi connectivity index (χ4n) is 1.36. The van der Waals surface area contributed by atoms with E-state index < -0.39 is 0 Å². The maximum atomic E-state index is 5.80. The molecule has 0 aliphatic carbocycles. The minimum Gasteiger partial charge on any atom is -0.396 e. The molecular formula is C8H11Cl2N5O. The zero-order chi connectivity index (χ0) is 11.0. The Balaban J connectivity index is 0.00000128. The van der Waals surface area contributed by atoms with E-state index >= 15 is 0 Å². The lowest BCUT2D eigenvalue weighted by molar-refractivity contribution is 0.114. The number of methoxy groups -OCH3 is 1. The molecule has 0 unspecified atom stereocenters. The van der Waals surface area contributed by atoms with E-state index in [2.05, 4.69) is 15.1 Å². The molecule has 0 radical (unpaired) electrons. The number of hydrogen-bond donors (Lipinski definition) is 1. The monoisotopic (exact) mass is 263 g/mol. The summed E-state index contributed by atoms with van der Waals surface area (Å²) < 4.78 is 6.69. The first-order chi connectivity index (χ1) is 7.13. The molecule has 1 atom stereocenters. The average molecular weight is 264 g/mol. The molecule has 6 nitrogen and oxygen atoms in total. The normalized spacial score (nSPS) is 12.4. The van der Waals surface area contributed by atoms with E-state index in [1.807, 2.05) is 6.92 Å². The summed E-state index contributed by atoms with van der Waals surface area (Å²) in [6.07, 6.45) is 1.32. The largest absolute Gasteiger partial charge is 0.396 e. The van der Waals surface area contributed by atoms with Gasteiger partial charge in [-0.3, -0.25) is 0 Å². The lowest BCUT2D eigenvalue weighted by Gasteiger charge is -2.12. The second kappa shape index (κ2) is 4.82. The first kappa shape index (κ1) is 13.0. The predicted molar refractivity (Wildman–Crippen MR) is 62.9 cm³/mol. The quantitative estimate of drug-likeness (QED) is 0.888. The predicted octanol–water partition coefficient (Wildman–Crippen LogP) is 1.49. The van der Waals surface area contributed by atoms with Crippen LogP contribution in [0.4, 0.5) is 5.69 Å². The number of nitrogens with two attached hydrogens (primary N) is 1. The average Bonchev–Trinajstić information content (AvgIpc) is 2.57. The lowest BCUT2D eigenvalue weighted by atomic mass is 10.2. The van der Waals surface area contributed by atoms with Crippen LogP contribution >= 0.6 is 24.0 Å². The number of nitrogens with zero attached hydrogens (tertiary/aromatic N) is 4. The van der Waals surface area contributed by atoms with Crippen molar-refractivity contribution in [1.29, 1.82) is 0 Å². The van der Waals surface area contributed by atoms with Crippen molar-refractivity contribution >= 4 is 35.5 Å². The van der Waals surface area contributed by atoms with Crippen molar-refractivity contribution in [2.24, 2.45) is 0 Å².